The number of aromatic nitrogens is 14. The lowest BCUT2D eigenvalue weighted by Gasteiger charge is -2.13. The number of amides is 1. The molecule has 0 aliphatic rings. The summed E-state index contributed by atoms with van der Waals surface area (Å²) in [5.74, 6) is -1.36. The molecule has 0 saturated heterocycles. The number of carboxylic acid groups (broad SMARTS) is 1. The zero-order valence-electron chi connectivity index (χ0n) is 76.9. The average Bonchev–Trinajstić information content (AvgIpc) is 0.753. The topological polar surface area (TPSA) is 451 Å². The maximum Gasteiger partial charge on any atom is 0.490 e. The van der Waals surface area contributed by atoms with Gasteiger partial charge in [-0.15, -0.1) is 12.4 Å². The fourth-order valence-electron chi connectivity index (χ4n) is 12.7. The molecule has 9 aromatic heterocycles. The minimum absolute atomic E-state index is 0. The quantitative estimate of drug-likeness (QED) is 0.0143. The van der Waals surface area contributed by atoms with E-state index in [2.05, 4.69) is 97.7 Å². The Kier molecular flexibility index (Phi) is 45.7. The monoisotopic (exact) mass is 2090 g/mol. The van der Waals surface area contributed by atoms with E-state index in [4.69, 9.17) is 95.9 Å². The number of aromatic carboxylic acids is 1. The third-order valence-corrected chi connectivity index (χ3v) is 20.7. The normalized spacial score (nSPS) is 10.1. The van der Waals surface area contributed by atoms with E-state index in [-0.39, 0.29) is 47.5 Å². The van der Waals surface area contributed by atoms with Crippen LogP contribution in [0.3, 0.4) is 0 Å². The van der Waals surface area contributed by atoms with Gasteiger partial charge in [0.1, 0.15) is 15.2 Å². The summed E-state index contributed by atoms with van der Waals surface area (Å²) in [6.45, 7) is 14.6. The van der Waals surface area contributed by atoms with Crippen LogP contribution in [0.2, 0.25) is 20.1 Å². The third kappa shape index (κ3) is 34.3. The summed E-state index contributed by atoms with van der Waals surface area (Å²) in [6, 6.07) is 44.4. The van der Waals surface area contributed by atoms with Gasteiger partial charge in [0, 0.05) is 185 Å². The van der Waals surface area contributed by atoms with Gasteiger partial charge < -0.3 is 59.9 Å². The molecule has 16 aromatic rings. The summed E-state index contributed by atoms with van der Waals surface area (Å²) in [4.78, 5) is 118. The molecule has 0 aliphatic heterocycles. The van der Waals surface area contributed by atoms with E-state index < -0.39 is 32.1 Å². The number of hydrogen-bond acceptors (Lipinski definition) is 29. The second kappa shape index (κ2) is 57.7. The van der Waals surface area contributed by atoms with E-state index in [9.17, 15) is 29.1 Å². The lowest BCUT2D eigenvalue weighted by Crippen LogP contribution is -2.35. The summed E-state index contributed by atoms with van der Waals surface area (Å²) in [6.07, 6.45) is 37.8. The highest BCUT2D eigenvalue weighted by atomic mass is 127. The number of carbonyl (C=O) groups excluding carboxylic acids is 4. The van der Waals surface area contributed by atoms with Crippen molar-refractivity contribution in [1.82, 2.24) is 75.1 Å². The number of hydrogen-bond donors (Lipinski definition) is 7. The van der Waals surface area contributed by atoms with Crippen LogP contribution in [0.25, 0.3) is 78.4 Å². The number of rotatable bonds is 22. The summed E-state index contributed by atoms with van der Waals surface area (Å²) >= 11 is 25.7. The van der Waals surface area contributed by atoms with Crippen molar-refractivity contribution in [2.45, 2.75) is 61.6 Å². The van der Waals surface area contributed by atoms with Crippen LogP contribution in [0, 0.1) is 31.4 Å². The molecular formula is C101H94B2Cl5IN16O15. The Hall–Kier alpha value is -14.4. The van der Waals surface area contributed by atoms with Crippen LogP contribution < -0.4 is 31.4 Å². The zero-order valence-corrected chi connectivity index (χ0v) is 82.9. The molecule has 0 saturated carbocycles. The highest BCUT2D eigenvalue weighted by Gasteiger charge is 2.24. The molecule has 0 fully saturated rings. The fraction of sp³-hybridized carbons (Fsp3) is 0.139. The number of carboxylic acids is 1. The number of benzene rings is 7. The van der Waals surface area contributed by atoms with E-state index >= 15 is 0 Å². The standard InChI is InChI=1S/C25H21ClN4O2.C19H17N3O2.C17H13N3O2.C13H11ClN2O2.C9H10BClO4.C8H10ClNO.C6H8BNO2.C4H3IN2.ClH/c1-16-9-19(14-28-12-16)18-4-5-20(23-15-27-7-8-29-23)21(11-18)25(31)30-13-17-3-6-24(32-2)22(26)10-17;1-3-24-19(23)17-9-14(15-8-13(2)10-21-11-15)4-5-16(17)18-12-20-6-7-22-18;1-11-6-13(9-19-8-11)12-2-3-14(15(7-12)17(21)22)16-10-18-4-5-20-16;1-2-18-13(17)11-7-9(14)3-4-10(11)12-8-15-5-6-16-12;1-2-15-9(12)7-5-6(11)3-4-8(7)10(13)14;1-11-8-3-2-6(5-10)4-7(8)9;1-5-2-6(7(9)10)4-8-3-5;5-4-3-6-1-2-7-4;/h3-12,14-15H,13H2,1-2H3,(H,30,31);4-12H,3H2,1-2H3;2-10H,1H3,(H,21,22);3-8H,2H2,1H3;3-5,13-14H,2H2,1H3;2-4H,5,10H2,1H3;2-4,9-10H,1H3;1-3H;1H. The van der Waals surface area contributed by atoms with Gasteiger partial charge in [-0.3, -0.25) is 69.6 Å². The first kappa shape index (κ1) is 111. The zero-order chi connectivity index (χ0) is 100. The SMILES string of the molecule is CCOC(=O)c1cc(-c2cncc(C)c2)ccc1-c1cnccn1.CCOC(=O)c1cc(Cl)ccc1-c1cnccn1.CCOC(=O)c1cc(Cl)ccc1B(O)O.COc1ccc(CN)cc1Cl.COc1ccc(CNC(=O)c2cc(-c3cncc(C)c3)ccc2-c2cnccn2)cc1Cl.Cc1cncc(-c2ccc(-c3cnccn3)c(C(=O)O)c2)c1.Cc1cncc(B(O)O)c1.Cl.Ic1cnccn1. The molecule has 716 valence electrons. The van der Waals surface area contributed by atoms with Crippen LogP contribution in [-0.2, 0) is 27.3 Å². The average molecular weight is 2100 g/mol. The lowest BCUT2D eigenvalue weighted by atomic mass is 9.77. The van der Waals surface area contributed by atoms with Gasteiger partial charge in [-0.25, -0.2) is 24.2 Å². The first-order valence-corrected chi connectivity index (χ1v) is 44.9. The molecule has 8 N–H and O–H groups in total. The maximum absolute atomic E-state index is 13.2. The Morgan fingerprint density at radius 1 is 0.371 bits per heavy atom. The Labute approximate surface area is 848 Å². The van der Waals surface area contributed by atoms with Crippen LogP contribution in [0.4, 0.5) is 0 Å². The van der Waals surface area contributed by atoms with Crippen LogP contribution in [0.15, 0.2) is 294 Å². The fourth-order valence-corrected chi connectivity index (χ4v) is 13.9. The Balaban J connectivity index is 0.000000203. The molecule has 0 spiro atoms. The maximum atomic E-state index is 13.2. The van der Waals surface area contributed by atoms with E-state index in [0.29, 0.717) is 125 Å². The minimum atomic E-state index is -1.72. The van der Waals surface area contributed by atoms with Gasteiger partial charge in [-0.05, 0) is 212 Å². The Morgan fingerprint density at radius 2 is 0.729 bits per heavy atom. The number of halogens is 6. The Bertz CT molecular complexity index is 6770. The number of aryl methyl sites for hydroxylation is 4. The largest absolute Gasteiger partial charge is 0.495 e. The van der Waals surface area contributed by atoms with Crippen LogP contribution in [0.5, 0.6) is 11.5 Å². The third-order valence-electron chi connectivity index (χ3n) is 19.1. The van der Waals surface area contributed by atoms with Crippen molar-refractivity contribution < 1.29 is 72.9 Å². The van der Waals surface area contributed by atoms with Crippen molar-refractivity contribution >= 4 is 136 Å². The van der Waals surface area contributed by atoms with Crippen LogP contribution >= 0.6 is 81.4 Å². The van der Waals surface area contributed by atoms with Crippen molar-refractivity contribution in [3.63, 3.8) is 0 Å². The molecule has 1 amide bonds. The molecule has 39 heteroatoms. The number of nitrogens with two attached hydrogens (primary N) is 1. The van der Waals surface area contributed by atoms with Crippen molar-refractivity contribution in [1.29, 1.82) is 0 Å². The summed E-state index contributed by atoms with van der Waals surface area (Å²) in [7, 11) is 0.0191. The van der Waals surface area contributed by atoms with Gasteiger partial charge in [0.25, 0.3) is 5.91 Å². The number of methoxy groups -OCH3 is 2. The van der Waals surface area contributed by atoms with Crippen molar-refractivity contribution in [3.05, 3.63) is 379 Å². The molecule has 0 aliphatic carbocycles. The van der Waals surface area contributed by atoms with Gasteiger partial charge in [-0.2, -0.15) is 0 Å². The summed E-state index contributed by atoms with van der Waals surface area (Å²) < 4.78 is 26.0. The molecule has 0 unspecified atom stereocenters. The minimum Gasteiger partial charge on any atom is -0.495 e. The van der Waals surface area contributed by atoms with Crippen LogP contribution in [0.1, 0.15) is 106 Å². The first-order chi connectivity index (χ1) is 67.0. The van der Waals surface area contributed by atoms with Crippen molar-refractivity contribution in [2.24, 2.45) is 5.73 Å². The molecule has 0 atom stereocenters. The highest BCUT2D eigenvalue weighted by molar-refractivity contribution is 14.1. The molecule has 0 bridgehead atoms. The summed E-state index contributed by atoms with van der Waals surface area (Å²) in [5.41, 5.74) is 23.9. The smallest absolute Gasteiger partial charge is 0.490 e. The number of nitrogens with one attached hydrogen (secondary N) is 1. The van der Waals surface area contributed by atoms with Gasteiger partial charge in [0.15, 0.2) is 0 Å². The lowest BCUT2D eigenvalue weighted by molar-refractivity contribution is 0.0517. The van der Waals surface area contributed by atoms with Gasteiger partial charge in [-0.1, -0.05) is 113 Å². The predicted molar refractivity (Wildman–Crippen MR) is 551 cm³/mol. The van der Waals surface area contributed by atoms with E-state index in [0.717, 1.165) is 70.5 Å². The molecule has 16 rings (SSSR count). The second-order valence-corrected chi connectivity index (χ2v) is 32.0. The first-order valence-electron chi connectivity index (χ1n) is 42.3. The number of ether oxygens (including phenoxy) is 5. The number of nitrogens with zero attached hydrogens (tertiary/aromatic N) is 14. The number of esters is 3. The Morgan fingerprint density at radius 3 is 1.08 bits per heavy atom. The summed E-state index contributed by atoms with van der Waals surface area (Å²) in [5, 5.41) is 49.7. The van der Waals surface area contributed by atoms with Crippen LogP contribution in [-0.4, -0.2) is 173 Å². The van der Waals surface area contributed by atoms with Gasteiger partial charge >= 0.3 is 38.1 Å². The molecule has 7 aromatic carbocycles. The second-order valence-electron chi connectivity index (χ2n) is 29.2. The number of pyridine rings is 4. The van der Waals surface area contributed by atoms with E-state index in [1.165, 1.54) is 24.4 Å². The molecular weight excluding hydrogens is 2000 g/mol. The van der Waals surface area contributed by atoms with Crippen molar-refractivity contribution in [2.75, 3.05) is 34.0 Å². The van der Waals surface area contributed by atoms with Gasteiger partial charge in [0.2, 0.25) is 0 Å². The van der Waals surface area contributed by atoms with Crippen molar-refractivity contribution in [3.8, 4) is 89.9 Å². The molecule has 140 heavy (non-hydrogen) atoms. The predicted octanol–water partition coefficient (Wildman–Crippen LogP) is 17.6. The van der Waals surface area contributed by atoms with Gasteiger partial charge in [0.05, 0.1) is 120 Å². The van der Waals surface area contributed by atoms with E-state index in [1.54, 1.807) is 226 Å². The number of carbonyl (C=O) groups is 5. The molecule has 31 nitrogen and oxygen atoms in total. The van der Waals surface area contributed by atoms with E-state index in [1.807, 2.05) is 107 Å². The molecule has 9 heterocycles. The highest BCUT2D eigenvalue weighted by Crippen LogP contribution is 2.34. The molecule has 0 radical (unpaired) electrons.